The maximum Gasteiger partial charge on any atom is 0.222 e. The average molecular weight is 256 g/mol. The quantitative estimate of drug-likeness (QED) is 0.832. The summed E-state index contributed by atoms with van der Waals surface area (Å²) < 4.78 is 5.02. The van der Waals surface area contributed by atoms with E-state index in [0.717, 1.165) is 19.4 Å². The van der Waals surface area contributed by atoms with Gasteiger partial charge in [0.15, 0.2) is 0 Å². The van der Waals surface area contributed by atoms with E-state index in [0.29, 0.717) is 25.5 Å². The molecule has 1 aliphatic heterocycles. The summed E-state index contributed by atoms with van der Waals surface area (Å²) in [5, 5.41) is 0. The number of methoxy groups -OCH3 is 1. The second kappa shape index (κ2) is 6.53. The lowest BCUT2D eigenvalue weighted by atomic mass is 9.77. The first-order valence-corrected chi connectivity index (χ1v) is 6.87. The first-order valence-electron chi connectivity index (χ1n) is 6.87. The first-order chi connectivity index (χ1) is 8.34. The van der Waals surface area contributed by atoms with E-state index in [9.17, 15) is 4.79 Å². The molecule has 0 aromatic rings. The van der Waals surface area contributed by atoms with E-state index in [4.69, 9.17) is 10.5 Å². The summed E-state index contributed by atoms with van der Waals surface area (Å²) in [6.45, 7) is 8.73. The Balaban J connectivity index is 2.54. The van der Waals surface area contributed by atoms with Gasteiger partial charge in [-0.2, -0.15) is 0 Å². The van der Waals surface area contributed by atoms with Crippen molar-refractivity contribution in [1.82, 2.24) is 4.90 Å². The highest BCUT2D eigenvalue weighted by atomic mass is 16.5. The SMILES string of the molecule is COCC(N)CN1CCC(C(C)(C)C)CCC1=O. The zero-order chi connectivity index (χ0) is 13.8. The van der Waals surface area contributed by atoms with Crippen molar-refractivity contribution in [3.63, 3.8) is 0 Å². The number of amides is 1. The van der Waals surface area contributed by atoms with Crippen molar-refractivity contribution in [2.24, 2.45) is 17.1 Å². The molecule has 4 heteroatoms. The Morgan fingerprint density at radius 1 is 1.44 bits per heavy atom. The highest BCUT2D eigenvalue weighted by Crippen LogP contribution is 2.34. The van der Waals surface area contributed by atoms with Crippen LogP contribution in [0.15, 0.2) is 0 Å². The largest absolute Gasteiger partial charge is 0.383 e. The van der Waals surface area contributed by atoms with Gasteiger partial charge in [0.05, 0.1) is 6.61 Å². The van der Waals surface area contributed by atoms with Crippen LogP contribution < -0.4 is 5.73 Å². The van der Waals surface area contributed by atoms with Crippen molar-refractivity contribution < 1.29 is 9.53 Å². The fourth-order valence-electron chi connectivity index (χ4n) is 2.65. The van der Waals surface area contributed by atoms with Crippen molar-refractivity contribution in [1.29, 1.82) is 0 Å². The van der Waals surface area contributed by atoms with Gasteiger partial charge in [0, 0.05) is 32.7 Å². The summed E-state index contributed by atoms with van der Waals surface area (Å²) in [4.78, 5) is 14.0. The van der Waals surface area contributed by atoms with Gasteiger partial charge in [0.1, 0.15) is 0 Å². The highest BCUT2D eigenvalue weighted by Gasteiger charge is 2.30. The molecule has 0 bridgehead atoms. The molecule has 1 heterocycles. The Kier molecular flexibility index (Phi) is 5.60. The Morgan fingerprint density at radius 3 is 2.67 bits per heavy atom. The van der Waals surface area contributed by atoms with E-state index in [1.165, 1.54) is 0 Å². The zero-order valence-electron chi connectivity index (χ0n) is 12.2. The van der Waals surface area contributed by atoms with Crippen molar-refractivity contribution in [3.05, 3.63) is 0 Å². The number of hydrogen-bond donors (Lipinski definition) is 1. The van der Waals surface area contributed by atoms with Gasteiger partial charge < -0.3 is 15.4 Å². The fourth-order valence-corrected chi connectivity index (χ4v) is 2.65. The molecule has 1 amide bonds. The number of carbonyl (C=O) groups is 1. The highest BCUT2D eigenvalue weighted by molar-refractivity contribution is 5.76. The van der Waals surface area contributed by atoms with Crippen molar-refractivity contribution in [2.45, 2.75) is 46.1 Å². The number of ether oxygens (including phenoxy) is 1. The van der Waals surface area contributed by atoms with Crippen LogP contribution in [0.4, 0.5) is 0 Å². The third-order valence-corrected chi connectivity index (χ3v) is 3.87. The first kappa shape index (κ1) is 15.4. The summed E-state index contributed by atoms with van der Waals surface area (Å²) in [6.07, 6.45) is 2.73. The Bertz CT molecular complexity index is 273. The second-order valence-corrected chi connectivity index (χ2v) is 6.45. The normalized spacial score (nSPS) is 23.9. The number of hydrogen-bond acceptors (Lipinski definition) is 3. The van der Waals surface area contributed by atoms with Crippen LogP contribution >= 0.6 is 0 Å². The molecule has 18 heavy (non-hydrogen) atoms. The van der Waals surface area contributed by atoms with Gasteiger partial charge in [0.2, 0.25) is 5.91 Å². The van der Waals surface area contributed by atoms with E-state index in [-0.39, 0.29) is 17.4 Å². The minimum absolute atomic E-state index is 0.0786. The minimum Gasteiger partial charge on any atom is -0.383 e. The number of likely N-dealkylation sites (tertiary alicyclic amines) is 1. The van der Waals surface area contributed by atoms with Crippen LogP contribution in [0.1, 0.15) is 40.0 Å². The molecule has 1 fully saturated rings. The van der Waals surface area contributed by atoms with Crippen LogP contribution in [0.3, 0.4) is 0 Å². The molecule has 0 aliphatic carbocycles. The zero-order valence-corrected chi connectivity index (χ0v) is 12.2. The molecule has 2 N–H and O–H groups in total. The molecule has 0 aromatic carbocycles. The van der Waals surface area contributed by atoms with Gasteiger partial charge in [-0.25, -0.2) is 0 Å². The summed E-state index contributed by atoms with van der Waals surface area (Å²) in [5.74, 6) is 0.860. The molecule has 0 aromatic heterocycles. The van der Waals surface area contributed by atoms with Gasteiger partial charge in [-0.05, 0) is 24.2 Å². The predicted octanol–water partition coefficient (Wildman–Crippen LogP) is 1.63. The molecule has 1 aliphatic rings. The van der Waals surface area contributed by atoms with Gasteiger partial charge in [0.25, 0.3) is 0 Å². The summed E-state index contributed by atoms with van der Waals surface area (Å²) in [5.41, 5.74) is 6.21. The Hall–Kier alpha value is -0.610. The summed E-state index contributed by atoms with van der Waals surface area (Å²) in [7, 11) is 1.64. The molecule has 1 rings (SSSR count). The topological polar surface area (TPSA) is 55.6 Å². The van der Waals surface area contributed by atoms with Gasteiger partial charge in [-0.15, -0.1) is 0 Å². The number of rotatable bonds is 4. The van der Waals surface area contributed by atoms with Crippen LogP contribution in [-0.4, -0.2) is 43.7 Å². The number of nitrogens with zero attached hydrogens (tertiary/aromatic N) is 1. The maximum absolute atomic E-state index is 12.1. The van der Waals surface area contributed by atoms with E-state index in [1.54, 1.807) is 7.11 Å². The standard InChI is InChI=1S/C14H28N2O2/c1-14(2,3)11-5-6-13(17)16(8-7-11)9-12(15)10-18-4/h11-12H,5-10,15H2,1-4H3. The van der Waals surface area contributed by atoms with E-state index >= 15 is 0 Å². The summed E-state index contributed by atoms with van der Waals surface area (Å²) >= 11 is 0. The Morgan fingerprint density at radius 2 is 2.11 bits per heavy atom. The molecule has 4 nitrogen and oxygen atoms in total. The predicted molar refractivity (Wildman–Crippen MR) is 73.2 cm³/mol. The van der Waals surface area contributed by atoms with Gasteiger partial charge in [-0.1, -0.05) is 20.8 Å². The average Bonchev–Trinajstić information content (AvgIpc) is 2.41. The van der Waals surface area contributed by atoms with E-state index < -0.39 is 0 Å². The smallest absolute Gasteiger partial charge is 0.222 e. The van der Waals surface area contributed by atoms with E-state index in [2.05, 4.69) is 20.8 Å². The molecule has 2 unspecified atom stereocenters. The monoisotopic (exact) mass is 256 g/mol. The lowest BCUT2D eigenvalue weighted by Crippen LogP contribution is -2.43. The van der Waals surface area contributed by atoms with Crippen molar-refractivity contribution in [2.75, 3.05) is 26.8 Å². The molecule has 0 saturated carbocycles. The maximum atomic E-state index is 12.1. The van der Waals surface area contributed by atoms with Crippen LogP contribution in [0, 0.1) is 11.3 Å². The van der Waals surface area contributed by atoms with Crippen LogP contribution in [0.25, 0.3) is 0 Å². The molecule has 0 radical (unpaired) electrons. The number of carbonyl (C=O) groups excluding carboxylic acids is 1. The van der Waals surface area contributed by atoms with Crippen LogP contribution in [-0.2, 0) is 9.53 Å². The summed E-state index contributed by atoms with van der Waals surface area (Å²) in [6, 6.07) is -0.0786. The molecule has 1 saturated heterocycles. The minimum atomic E-state index is -0.0786. The molecular formula is C14H28N2O2. The van der Waals surface area contributed by atoms with Gasteiger partial charge >= 0.3 is 0 Å². The fraction of sp³-hybridized carbons (Fsp3) is 0.929. The van der Waals surface area contributed by atoms with Crippen LogP contribution in [0.5, 0.6) is 0 Å². The lowest BCUT2D eigenvalue weighted by molar-refractivity contribution is -0.131. The third-order valence-electron chi connectivity index (χ3n) is 3.87. The molecule has 106 valence electrons. The second-order valence-electron chi connectivity index (χ2n) is 6.45. The van der Waals surface area contributed by atoms with Crippen molar-refractivity contribution >= 4 is 5.91 Å². The number of nitrogens with two attached hydrogens (primary N) is 1. The van der Waals surface area contributed by atoms with Crippen LogP contribution in [0.2, 0.25) is 0 Å². The molecule has 0 spiro atoms. The van der Waals surface area contributed by atoms with Crippen molar-refractivity contribution in [3.8, 4) is 0 Å². The van der Waals surface area contributed by atoms with E-state index in [1.807, 2.05) is 4.90 Å². The third kappa shape index (κ3) is 4.58. The lowest BCUT2D eigenvalue weighted by Gasteiger charge is -2.30. The Labute approximate surface area is 111 Å². The molecule has 2 atom stereocenters. The van der Waals surface area contributed by atoms with Gasteiger partial charge in [-0.3, -0.25) is 4.79 Å². The molecular weight excluding hydrogens is 228 g/mol.